The number of benzene rings is 1. The standard InChI is InChI=1S/C20H23F3N4O/c1-13-10-11-26(17-8-4-2-6-14(13)17)19(28)16-12-27(25-24-16)18-9-5-3-7-15(18)20(21,22)23/h3,5,7,9,12-14,17H,2,4,6,8,10-11H2,1H3/t13-,14-,17+/m1/s1. The Bertz CT molecular complexity index is 863. The number of hydrogen-bond donors (Lipinski definition) is 0. The fourth-order valence-electron chi connectivity index (χ4n) is 4.71. The van der Waals surface area contributed by atoms with Gasteiger partial charge >= 0.3 is 6.18 Å². The Labute approximate surface area is 161 Å². The molecule has 0 N–H and O–H groups in total. The summed E-state index contributed by atoms with van der Waals surface area (Å²) in [6.45, 7) is 2.91. The third-order valence-corrected chi connectivity index (χ3v) is 6.17. The highest BCUT2D eigenvalue weighted by molar-refractivity contribution is 5.92. The van der Waals surface area contributed by atoms with Gasteiger partial charge < -0.3 is 4.90 Å². The smallest absolute Gasteiger partial charge is 0.334 e. The molecule has 2 fully saturated rings. The van der Waals surface area contributed by atoms with Gasteiger partial charge in [-0.05, 0) is 43.2 Å². The van der Waals surface area contributed by atoms with Crippen molar-refractivity contribution in [3.63, 3.8) is 0 Å². The fraction of sp³-hybridized carbons (Fsp3) is 0.550. The van der Waals surface area contributed by atoms with E-state index < -0.39 is 11.7 Å². The lowest BCUT2D eigenvalue weighted by atomic mass is 9.72. The third-order valence-electron chi connectivity index (χ3n) is 6.17. The van der Waals surface area contributed by atoms with Crippen molar-refractivity contribution in [2.24, 2.45) is 11.8 Å². The maximum absolute atomic E-state index is 13.3. The largest absolute Gasteiger partial charge is 0.418 e. The number of alkyl halides is 3. The number of carbonyl (C=O) groups excluding carboxylic acids is 1. The maximum Gasteiger partial charge on any atom is 0.418 e. The highest BCUT2D eigenvalue weighted by atomic mass is 19.4. The zero-order valence-corrected chi connectivity index (χ0v) is 15.7. The van der Waals surface area contributed by atoms with E-state index in [0.29, 0.717) is 18.4 Å². The number of carbonyl (C=O) groups is 1. The first-order valence-corrected chi connectivity index (χ1v) is 9.76. The van der Waals surface area contributed by atoms with Crippen molar-refractivity contribution in [1.29, 1.82) is 0 Å². The first-order valence-electron chi connectivity index (χ1n) is 9.76. The SMILES string of the molecule is C[C@@H]1CCN(C(=O)c2cn(-c3ccccc3C(F)(F)F)nn2)[C@H]2CCCC[C@H]12. The molecule has 0 unspecified atom stereocenters. The van der Waals surface area contributed by atoms with Crippen LogP contribution in [0.5, 0.6) is 0 Å². The van der Waals surface area contributed by atoms with Gasteiger partial charge in [-0.2, -0.15) is 13.2 Å². The van der Waals surface area contributed by atoms with E-state index >= 15 is 0 Å². The molecule has 1 amide bonds. The van der Waals surface area contributed by atoms with Crippen LogP contribution in [0.1, 0.15) is 55.1 Å². The molecule has 1 aliphatic heterocycles. The van der Waals surface area contributed by atoms with E-state index in [-0.39, 0.29) is 23.3 Å². The Kier molecular flexibility index (Phi) is 4.89. The quantitative estimate of drug-likeness (QED) is 0.765. The zero-order valence-electron chi connectivity index (χ0n) is 15.7. The van der Waals surface area contributed by atoms with Gasteiger partial charge in [0, 0.05) is 12.6 Å². The Balaban J connectivity index is 1.61. The number of rotatable bonds is 2. The van der Waals surface area contributed by atoms with Crippen LogP contribution in [0.3, 0.4) is 0 Å². The summed E-state index contributed by atoms with van der Waals surface area (Å²) in [5.74, 6) is 0.843. The van der Waals surface area contributed by atoms with Crippen LogP contribution in [-0.4, -0.2) is 38.4 Å². The molecule has 28 heavy (non-hydrogen) atoms. The number of hydrogen-bond acceptors (Lipinski definition) is 3. The Hall–Kier alpha value is -2.38. The van der Waals surface area contributed by atoms with Gasteiger partial charge in [-0.25, -0.2) is 4.68 Å². The normalized spacial score (nSPS) is 25.4. The average Bonchev–Trinajstić information content (AvgIpc) is 3.17. The van der Waals surface area contributed by atoms with E-state index in [1.165, 1.54) is 30.8 Å². The molecule has 0 spiro atoms. The lowest BCUT2D eigenvalue weighted by Gasteiger charge is -2.47. The van der Waals surface area contributed by atoms with Gasteiger partial charge in [-0.15, -0.1) is 5.10 Å². The second-order valence-corrected chi connectivity index (χ2v) is 7.84. The molecule has 1 aromatic heterocycles. The summed E-state index contributed by atoms with van der Waals surface area (Å²) in [6, 6.07) is 5.35. The van der Waals surface area contributed by atoms with Crippen molar-refractivity contribution >= 4 is 5.91 Å². The Morgan fingerprint density at radius 3 is 2.68 bits per heavy atom. The summed E-state index contributed by atoms with van der Waals surface area (Å²) in [6.07, 6.45) is 2.14. The number of amides is 1. The monoisotopic (exact) mass is 392 g/mol. The minimum Gasteiger partial charge on any atom is -0.334 e. The summed E-state index contributed by atoms with van der Waals surface area (Å²) in [5.41, 5.74) is -0.849. The molecule has 2 heterocycles. The number of likely N-dealkylation sites (tertiary alicyclic amines) is 1. The van der Waals surface area contributed by atoms with Gasteiger partial charge in [0.05, 0.1) is 17.4 Å². The third kappa shape index (κ3) is 3.40. The summed E-state index contributed by atoms with van der Waals surface area (Å²) < 4.78 is 40.9. The van der Waals surface area contributed by atoms with Crippen LogP contribution in [0.4, 0.5) is 13.2 Å². The molecule has 1 saturated carbocycles. The molecule has 1 saturated heterocycles. The summed E-state index contributed by atoms with van der Waals surface area (Å²) >= 11 is 0. The van der Waals surface area contributed by atoms with Crippen molar-refractivity contribution in [2.75, 3.05) is 6.54 Å². The highest BCUT2D eigenvalue weighted by Gasteiger charge is 2.40. The van der Waals surface area contributed by atoms with Gasteiger partial charge in [0.15, 0.2) is 5.69 Å². The van der Waals surface area contributed by atoms with Gasteiger partial charge in [0.25, 0.3) is 5.91 Å². The van der Waals surface area contributed by atoms with E-state index in [2.05, 4.69) is 17.2 Å². The number of aromatic nitrogens is 3. The van der Waals surface area contributed by atoms with Gasteiger partial charge in [-0.3, -0.25) is 4.79 Å². The number of fused-ring (bicyclic) bond motifs is 1. The van der Waals surface area contributed by atoms with Gasteiger partial charge in [0.1, 0.15) is 0 Å². The van der Waals surface area contributed by atoms with E-state index in [9.17, 15) is 18.0 Å². The topological polar surface area (TPSA) is 51.0 Å². The van der Waals surface area contributed by atoms with E-state index in [0.717, 1.165) is 36.4 Å². The molecule has 1 aliphatic carbocycles. The van der Waals surface area contributed by atoms with Crippen LogP contribution >= 0.6 is 0 Å². The Morgan fingerprint density at radius 2 is 1.89 bits per heavy atom. The number of para-hydroxylation sites is 1. The van der Waals surface area contributed by atoms with Gasteiger partial charge in [0.2, 0.25) is 0 Å². The van der Waals surface area contributed by atoms with Crippen molar-refractivity contribution in [3.8, 4) is 5.69 Å². The first-order chi connectivity index (χ1) is 13.4. The van der Waals surface area contributed by atoms with Crippen molar-refractivity contribution < 1.29 is 18.0 Å². The number of nitrogens with zero attached hydrogens (tertiary/aromatic N) is 4. The van der Waals surface area contributed by atoms with Crippen LogP contribution in [-0.2, 0) is 6.18 Å². The predicted octanol–water partition coefficient (Wildman–Crippen LogP) is 4.33. The molecule has 0 bridgehead atoms. The van der Waals surface area contributed by atoms with Crippen LogP contribution < -0.4 is 0 Å². The van der Waals surface area contributed by atoms with E-state index in [4.69, 9.17) is 0 Å². The lowest BCUT2D eigenvalue weighted by molar-refractivity contribution is -0.137. The number of piperidine rings is 1. The predicted molar refractivity (Wildman–Crippen MR) is 96.9 cm³/mol. The van der Waals surface area contributed by atoms with Crippen LogP contribution in [0, 0.1) is 11.8 Å². The minimum atomic E-state index is -4.51. The van der Waals surface area contributed by atoms with Crippen molar-refractivity contribution in [2.45, 2.75) is 51.2 Å². The molecule has 4 rings (SSSR count). The average molecular weight is 392 g/mol. The molecular weight excluding hydrogens is 369 g/mol. The van der Waals surface area contributed by atoms with Gasteiger partial charge in [-0.1, -0.05) is 37.1 Å². The highest BCUT2D eigenvalue weighted by Crippen LogP contribution is 2.39. The minimum absolute atomic E-state index is 0.0934. The maximum atomic E-state index is 13.3. The molecule has 2 aromatic rings. The zero-order chi connectivity index (χ0) is 19.9. The van der Waals surface area contributed by atoms with E-state index in [1.807, 2.05) is 4.90 Å². The molecular formula is C20H23F3N4O. The molecule has 2 aliphatic rings. The van der Waals surface area contributed by atoms with Crippen LogP contribution in [0.15, 0.2) is 30.5 Å². The first kappa shape index (κ1) is 19.0. The molecule has 0 radical (unpaired) electrons. The van der Waals surface area contributed by atoms with Crippen LogP contribution in [0.25, 0.3) is 5.69 Å². The van der Waals surface area contributed by atoms with Crippen molar-refractivity contribution in [3.05, 3.63) is 41.7 Å². The summed E-state index contributed by atoms with van der Waals surface area (Å²) in [5, 5.41) is 7.72. The van der Waals surface area contributed by atoms with Crippen LogP contribution in [0.2, 0.25) is 0 Å². The second-order valence-electron chi connectivity index (χ2n) is 7.84. The molecule has 3 atom stereocenters. The molecule has 150 valence electrons. The number of halogens is 3. The lowest BCUT2D eigenvalue weighted by Crippen LogP contribution is -2.52. The molecule has 1 aromatic carbocycles. The van der Waals surface area contributed by atoms with E-state index in [1.54, 1.807) is 0 Å². The molecule has 8 heteroatoms. The molecule has 5 nitrogen and oxygen atoms in total. The summed E-state index contributed by atoms with van der Waals surface area (Å²) in [7, 11) is 0. The van der Waals surface area contributed by atoms with Crippen molar-refractivity contribution in [1.82, 2.24) is 19.9 Å². The second kappa shape index (κ2) is 7.22. The fourth-order valence-corrected chi connectivity index (χ4v) is 4.71. The Morgan fingerprint density at radius 1 is 1.14 bits per heavy atom. The summed E-state index contributed by atoms with van der Waals surface area (Å²) in [4.78, 5) is 14.9.